The monoisotopic (exact) mass is 438 g/mol. The number of para-hydroxylation sites is 2. The summed E-state index contributed by atoms with van der Waals surface area (Å²) in [6, 6.07) is 17.8. The molecule has 2 N–H and O–H groups in total. The van der Waals surface area contributed by atoms with Crippen LogP contribution in [0.5, 0.6) is 23.0 Å². The average Bonchev–Trinajstić information content (AvgIpc) is 2.79. The molecule has 0 fully saturated rings. The molecule has 0 spiro atoms. The third-order valence-corrected chi connectivity index (χ3v) is 3.80. The maximum atomic E-state index is 13.2. The van der Waals surface area contributed by atoms with Gasteiger partial charge in [-0.1, -0.05) is 24.3 Å². The van der Waals surface area contributed by atoms with Gasteiger partial charge in [0.05, 0.1) is 6.20 Å². The van der Waals surface area contributed by atoms with Crippen molar-refractivity contribution in [3.63, 3.8) is 0 Å². The van der Waals surface area contributed by atoms with Crippen molar-refractivity contribution in [1.82, 2.24) is 9.97 Å². The molecule has 0 amide bonds. The Bertz CT molecular complexity index is 1190. The highest BCUT2D eigenvalue weighted by Crippen LogP contribution is 2.25. The van der Waals surface area contributed by atoms with Crippen molar-refractivity contribution in [3.05, 3.63) is 107 Å². The molecule has 0 radical (unpaired) electrons. The Morgan fingerprint density at radius 2 is 1.25 bits per heavy atom. The predicted molar refractivity (Wildman–Crippen MR) is 112 cm³/mol. The van der Waals surface area contributed by atoms with Gasteiger partial charge in [-0.05, 0) is 52.4 Å². The predicted octanol–water partition coefficient (Wildman–Crippen LogP) is 5.52. The van der Waals surface area contributed by atoms with Crippen LogP contribution in [-0.4, -0.2) is 14.9 Å². The van der Waals surface area contributed by atoms with Gasteiger partial charge in [0.15, 0.2) is 35.1 Å². The van der Waals surface area contributed by atoms with Crippen LogP contribution in [0, 0.1) is 21.7 Å². The first-order chi connectivity index (χ1) is 15.4. The van der Waals surface area contributed by atoms with Crippen LogP contribution < -0.4 is 15.2 Å². The molecular formula is C22H16F2N4O4. The first-order valence-electron chi connectivity index (χ1n) is 9.09. The van der Waals surface area contributed by atoms with Crippen molar-refractivity contribution >= 4 is 11.6 Å². The molecule has 4 aromatic rings. The van der Waals surface area contributed by atoms with E-state index in [0.717, 1.165) is 0 Å². The molecule has 2 heterocycles. The lowest BCUT2D eigenvalue weighted by Gasteiger charge is -2.05. The number of nitrogens with zero attached hydrogens (tertiary/aromatic N) is 3. The van der Waals surface area contributed by atoms with Gasteiger partial charge in [-0.25, -0.2) is 13.8 Å². The number of anilines is 1. The Labute approximate surface area is 181 Å². The van der Waals surface area contributed by atoms with Gasteiger partial charge in [0.1, 0.15) is 11.6 Å². The van der Waals surface area contributed by atoms with Crippen LogP contribution in [0.25, 0.3) is 0 Å². The molecule has 4 rings (SSSR count). The molecule has 2 aromatic carbocycles. The zero-order valence-corrected chi connectivity index (χ0v) is 16.4. The number of ether oxygens (including phenoxy) is 2. The molecule has 0 atom stereocenters. The number of rotatable bonds is 5. The molecule has 0 saturated carbocycles. The molecule has 0 saturated heterocycles. The van der Waals surface area contributed by atoms with Crippen molar-refractivity contribution in [2.45, 2.75) is 0 Å². The number of hydrogen-bond donors (Lipinski definition) is 1. The van der Waals surface area contributed by atoms with Gasteiger partial charge in [0.25, 0.3) is 0 Å². The fraction of sp³-hybridized carbons (Fsp3) is 0. The lowest BCUT2D eigenvalue weighted by molar-refractivity contribution is -0.389. The third kappa shape index (κ3) is 6.20. The van der Waals surface area contributed by atoms with Gasteiger partial charge < -0.3 is 25.3 Å². The highest BCUT2D eigenvalue weighted by Gasteiger charge is 2.09. The van der Waals surface area contributed by atoms with Gasteiger partial charge >= 0.3 is 5.82 Å². The van der Waals surface area contributed by atoms with E-state index >= 15 is 0 Å². The van der Waals surface area contributed by atoms with Crippen LogP contribution in [0.2, 0.25) is 0 Å². The lowest BCUT2D eigenvalue weighted by Crippen LogP contribution is -1.93. The van der Waals surface area contributed by atoms with Crippen molar-refractivity contribution in [2.75, 3.05) is 5.73 Å². The van der Waals surface area contributed by atoms with E-state index in [9.17, 15) is 18.9 Å². The van der Waals surface area contributed by atoms with Gasteiger partial charge in [-0.2, -0.15) is 0 Å². The van der Waals surface area contributed by atoms with Crippen LogP contribution in [0.1, 0.15) is 0 Å². The molecular weight excluding hydrogens is 422 g/mol. The SMILES string of the molecule is Nc1ccc(Oc2ccccc2F)cn1.O=[N+]([O-])c1ccc(Oc2ccccc2F)cn1. The minimum atomic E-state index is -0.618. The van der Waals surface area contributed by atoms with Crippen molar-refractivity contribution in [3.8, 4) is 23.0 Å². The molecule has 162 valence electrons. The molecule has 10 heteroatoms. The summed E-state index contributed by atoms with van der Waals surface area (Å²) >= 11 is 0. The first-order valence-corrected chi connectivity index (χ1v) is 9.09. The zero-order chi connectivity index (χ0) is 22.9. The van der Waals surface area contributed by atoms with E-state index in [1.807, 2.05) is 0 Å². The van der Waals surface area contributed by atoms with Crippen LogP contribution in [0.3, 0.4) is 0 Å². The summed E-state index contributed by atoms with van der Waals surface area (Å²) in [7, 11) is 0. The smallest absolute Gasteiger partial charge is 0.363 e. The number of nitro groups is 1. The van der Waals surface area contributed by atoms with Crippen LogP contribution in [0.4, 0.5) is 20.4 Å². The zero-order valence-electron chi connectivity index (χ0n) is 16.4. The number of nitrogen functional groups attached to an aromatic ring is 1. The quantitative estimate of drug-likeness (QED) is 0.322. The van der Waals surface area contributed by atoms with E-state index in [0.29, 0.717) is 11.6 Å². The maximum absolute atomic E-state index is 13.2. The highest BCUT2D eigenvalue weighted by molar-refractivity contribution is 5.36. The third-order valence-electron chi connectivity index (χ3n) is 3.80. The van der Waals surface area contributed by atoms with E-state index in [1.54, 1.807) is 36.4 Å². The molecule has 0 aliphatic carbocycles. The minimum Gasteiger partial charge on any atom is -0.453 e. The van der Waals surface area contributed by atoms with Gasteiger partial charge in [-0.3, -0.25) is 0 Å². The Hall–Kier alpha value is -4.60. The fourth-order valence-electron chi connectivity index (χ4n) is 2.30. The van der Waals surface area contributed by atoms with Crippen molar-refractivity contribution < 1.29 is 23.2 Å². The first kappa shape index (κ1) is 22.1. The Balaban J connectivity index is 0.000000182. The largest absolute Gasteiger partial charge is 0.453 e. The second kappa shape index (κ2) is 10.4. The summed E-state index contributed by atoms with van der Waals surface area (Å²) in [6.07, 6.45) is 2.62. The van der Waals surface area contributed by atoms with E-state index < -0.39 is 16.6 Å². The second-order valence-corrected chi connectivity index (χ2v) is 6.09. The van der Waals surface area contributed by atoms with E-state index in [4.69, 9.17) is 15.2 Å². The minimum absolute atomic E-state index is 0.0446. The van der Waals surface area contributed by atoms with E-state index in [-0.39, 0.29) is 23.1 Å². The molecule has 0 bridgehead atoms. The maximum Gasteiger partial charge on any atom is 0.363 e. The van der Waals surface area contributed by atoms with Gasteiger partial charge in [-0.15, -0.1) is 0 Å². The lowest BCUT2D eigenvalue weighted by atomic mass is 10.3. The summed E-state index contributed by atoms with van der Waals surface area (Å²) in [5.41, 5.74) is 5.41. The van der Waals surface area contributed by atoms with Gasteiger partial charge in [0, 0.05) is 6.07 Å². The second-order valence-electron chi connectivity index (χ2n) is 6.09. The molecule has 0 unspecified atom stereocenters. The van der Waals surface area contributed by atoms with E-state index in [1.165, 1.54) is 48.8 Å². The number of hydrogen-bond acceptors (Lipinski definition) is 7. The van der Waals surface area contributed by atoms with E-state index in [2.05, 4.69) is 9.97 Å². The van der Waals surface area contributed by atoms with Crippen molar-refractivity contribution in [2.24, 2.45) is 0 Å². The summed E-state index contributed by atoms with van der Waals surface area (Å²) in [5.74, 6) is 0.101. The number of benzene rings is 2. The van der Waals surface area contributed by atoms with Crippen LogP contribution in [0.15, 0.2) is 85.2 Å². The molecule has 32 heavy (non-hydrogen) atoms. The Morgan fingerprint density at radius 3 is 1.66 bits per heavy atom. The summed E-state index contributed by atoms with van der Waals surface area (Å²) in [4.78, 5) is 17.1. The highest BCUT2D eigenvalue weighted by atomic mass is 19.1. The standard InChI is InChI=1S/C11H7FN2O3.C11H9FN2O/c12-9-3-1-2-4-10(9)17-8-5-6-11(13-7-8)14(15)16;12-9-3-1-2-4-10(9)15-8-5-6-11(13)14-7-8/h1-7H;1-7H,(H2,13,14). The van der Waals surface area contributed by atoms with Crippen molar-refractivity contribution in [1.29, 1.82) is 0 Å². The topological polar surface area (TPSA) is 113 Å². The van der Waals surface area contributed by atoms with Crippen LogP contribution >= 0.6 is 0 Å². The molecule has 0 aliphatic rings. The number of halogens is 2. The number of pyridine rings is 2. The molecule has 2 aromatic heterocycles. The average molecular weight is 438 g/mol. The summed E-state index contributed by atoms with van der Waals surface area (Å²) < 4.78 is 36.9. The summed E-state index contributed by atoms with van der Waals surface area (Å²) in [5, 5.41) is 10.4. The van der Waals surface area contributed by atoms with Gasteiger partial charge in [0.2, 0.25) is 0 Å². The summed E-state index contributed by atoms with van der Waals surface area (Å²) in [6.45, 7) is 0. The normalized spacial score (nSPS) is 9.94. The number of nitrogens with two attached hydrogens (primary N) is 1. The van der Waals surface area contributed by atoms with Crippen LogP contribution in [-0.2, 0) is 0 Å². The molecule has 0 aliphatic heterocycles. The Kier molecular flexibility index (Phi) is 7.20. The number of aromatic nitrogens is 2. The fourth-order valence-corrected chi connectivity index (χ4v) is 2.30. The Morgan fingerprint density at radius 1 is 0.750 bits per heavy atom. The molecule has 8 nitrogen and oxygen atoms in total.